The Balaban J connectivity index is 1.78. The lowest BCUT2D eigenvalue weighted by Crippen LogP contribution is -2.43. The van der Waals surface area contributed by atoms with Gasteiger partial charge >= 0.3 is 11.9 Å². The number of unbranched alkanes of at least 4 members (excludes halogenated alkanes) is 3. The summed E-state index contributed by atoms with van der Waals surface area (Å²) in [5.74, 6) is -3.06. The number of benzene rings is 2. The van der Waals surface area contributed by atoms with Crippen molar-refractivity contribution in [2.75, 3.05) is 0 Å². The van der Waals surface area contributed by atoms with Crippen molar-refractivity contribution in [3.63, 3.8) is 0 Å². The molecule has 0 aliphatic carbocycles. The van der Waals surface area contributed by atoms with Crippen molar-refractivity contribution in [1.82, 2.24) is 0 Å². The van der Waals surface area contributed by atoms with Gasteiger partial charge in [0.1, 0.15) is 0 Å². The van der Waals surface area contributed by atoms with Crippen LogP contribution in [0, 0.1) is 0 Å². The van der Waals surface area contributed by atoms with Crippen LogP contribution in [-0.4, -0.2) is 44.1 Å². The normalized spacial score (nSPS) is 14.0. The lowest BCUT2D eigenvalue weighted by Gasteiger charge is -2.24. The molecule has 0 saturated heterocycles. The van der Waals surface area contributed by atoms with E-state index in [1.54, 1.807) is 0 Å². The number of halogens is 1. The van der Waals surface area contributed by atoms with Crippen LogP contribution < -0.4 is 0 Å². The quantitative estimate of drug-likeness (QED) is 0.334. The highest BCUT2D eigenvalue weighted by Crippen LogP contribution is 2.28. The monoisotopic (exact) mass is 448 g/mol. The van der Waals surface area contributed by atoms with Crippen LogP contribution in [0.3, 0.4) is 0 Å². The van der Waals surface area contributed by atoms with E-state index in [4.69, 9.17) is 21.8 Å². The molecule has 4 N–H and O–H groups in total. The molecule has 0 aromatic heterocycles. The van der Waals surface area contributed by atoms with Crippen LogP contribution in [0.1, 0.15) is 50.5 Å². The minimum atomic E-state index is -2.45. The van der Waals surface area contributed by atoms with Crippen LogP contribution in [0.15, 0.2) is 48.5 Å². The summed E-state index contributed by atoms with van der Waals surface area (Å²) in [4.78, 5) is 21.9. The Hall–Kier alpha value is -2.41. The number of aliphatic hydroxyl groups is 2. The van der Waals surface area contributed by atoms with E-state index < -0.39 is 36.5 Å². The van der Waals surface area contributed by atoms with Gasteiger partial charge in [0.2, 0.25) is 0 Å². The fourth-order valence-corrected chi connectivity index (χ4v) is 3.85. The van der Waals surface area contributed by atoms with E-state index in [-0.39, 0.29) is 0 Å². The van der Waals surface area contributed by atoms with Crippen molar-refractivity contribution in [2.24, 2.45) is 0 Å². The minimum absolute atomic E-state index is 0.311. The van der Waals surface area contributed by atoms with Crippen molar-refractivity contribution in [2.45, 2.75) is 63.1 Å². The van der Waals surface area contributed by atoms with Gasteiger partial charge in [-0.25, -0.2) is 4.79 Å². The Bertz CT molecular complexity index is 870. The summed E-state index contributed by atoms with van der Waals surface area (Å²) in [6.45, 7) is 0. The van der Waals surface area contributed by atoms with Crippen LogP contribution >= 0.6 is 11.6 Å². The molecule has 2 aromatic carbocycles. The largest absolute Gasteiger partial charge is 0.481 e. The number of hydrogen-bond donors (Lipinski definition) is 4. The lowest BCUT2D eigenvalue weighted by atomic mass is 9.90. The van der Waals surface area contributed by atoms with Gasteiger partial charge in [0.05, 0.1) is 12.5 Å². The molecule has 6 nitrogen and oxygen atoms in total. The number of aliphatic carboxylic acids is 2. The first-order valence-corrected chi connectivity index (χ1v) is 10.8. The second kappa shape index (κ2) is 11.8. The number of carboxylic acids is 2. The van der Waals surface area contributed by atoms with Crippen molar-refractivity contribution < 1.29 is 30.0 Å². The highest BCUT2D eigenvalue weighted by atomic mass is 35.5. The average Bonchev–Trinajstić information content (AvgIpc) is 2.71. The van der Waals surface area contributed by atoms with Crippen LogP contribution in [0.2, 0.25) is 5.02 Å². The number of rotatable bonds is 13. The van der Waals surface area contributed by atoms with Gasteiger partial charge in [-0.1, -0.05) is 67.3 Å². The second-order valence-electron chi connectivity index (χ2n) is 7.89. The fourth-order valence-electron chi connectivity index (χ4n) is 3.68. The predicted octanol–water partition coefficient (Wildman–Crippen LogP) is 4.54. The minimum Gasteiger partial charge on any atom is -0.481 e. The molecular formula is C24H29ClO6. The first-order valence-electron chi connectivity index (χ1n) is 10.4. The molecule has 2 aromatic rings. The van der Waals surface area contributed by atoms with Gasteiger partial charge in [-0.2, -0.15) is 0 Å². The maximum absolute atomic E-state index is 11.2. The van der Waals surface area contributed by atoms with Gasteiger partial charge in [0, 0.05) is 11.4 Å². The lowest BCUT2D eigenvalue weighted by molar-refractivity contribution is -0.168. The van der Waals surface area contributed by atoms with Crippen molar-refractivity contribution in [3.05, 3.63) is 59.1 Å². The van der Waals surface area contributed by atoms with Crippen molar-refractivity contribution in [1.29, 1.82) is 0 Å². The number of aryl methyl sites for hydroxylation is 1. The number of carbonyl (C=O) groups is 2. The van der Waals surface area contributed by atoms with E-state index in [9.17, 15) is 19.8 Å². The van der Waals surface area contributed by atoms with E-state index in [0.717, 1.165) is 36.8 Å². The molecule has 0 unspecified atom stereocenters. The fraction of sp³-hybridized carbons (Fsp3) is 0.417. The summed E-state index contributed by atoms with van der Waals surface area (Å²) >= 11 is 6.18. The molecule has 31 heavy (non-hydrogen) atoms. The first-order chi connectivity index (χ1) is 14.7. The molecule has 0 aliphatic rings. The molecule has 0 radical (unpaired) electrons. The smallest absolute Gasteiger partial charge is 0.336 e. The molecule has 0 aliphatic heterocycles. The third-order valence-corrected chi connectivity index (χ3v) is 5.54. The summed E-state index contributed by atoms with van der Waals surface area (Å²) in [6, 6.07) is 16.0. The zero-order chi connectivity index (χ0) is 22.9. The van der Waals surface area contributed by atoms with Gasteiger partial charge in [-0.15, -0.1) is 0 Å². The van der Waals surface area contributed by atoms with E-state index in [2.05, 4.69) is 12.1 Å². The Kier molecular flexibility index (Phi) is 9.49. The molecule has 2 rings (SSSR count). The number of aliphatic hydroxyl groups excluding tert-OH is 1. The second-order valence-corrected chi connectivity index (χ2v) is 8.32. The molecule has 0 saturated carbocycles. The van der Waals surface area contributed by atoms with Crippen LogP contribution in [0.5, 0.6) is 0 Å². The first kappa shape index (κ1) is 24.9. The van der Waals surface area contributed by atoms with E-state index in [0.29, 0.717) is 17.9 Å². The summed E-state index contributed by atoms with van der Waals surface area (Å²) in [5, 5.41) is 38.6. The summed E-state index contributed by atoms with van der Waals surface area (Å²) in [5.41, 5.74) is 1.01. The zero-order valence-corrected chi connectivity index (χ0v) is 18.1. The Morgan fingerprint density at radius 1 is 0.968 bits per heavy atom. The highest BCUT2D eigenvalue weighted by Gasteiger charge is 2.40. The molecule has 0 amide bonds. The zero-order valence-electron chi connectivity index (χ0n) is 17.3. The third-order valence-electron chi connectivity index (χ3n) is 5.31. The summed E-state index contributed by atoms with van der Waals surface area (Å²) < 4.78 is 0. The maximum Gasteiger partial charge on any atom is 0.336 e. The third kappa shape index (κ3) is 7.98. The Labute approximate surface area is 187 Å². The molecule has 0 bridgehead atoms. The SMILES string of the molecule is O=C(O)C[C@](O)(C[C@@H](O)CCCCCCc1ccc(Cl)cc1-c1ccccc1)C(=O)O. The summed E-state index contributed by atoms with van der Waals surface area (Å²) in [7, 11) is 0. The molecule has 168 valence electrons. The topological polar surface area (TPSA) is 115 Å². The molecule has 7 heteroatoms. The number of carboxylic acid groups (broad SMARTS) is 2. The van der Waals surface area contributed by atoms with Gasteiger partial charge in [0.25, 0.3) is 0 Å². The van der Waals surface area contributed by atoms with E-state index in [1.165, 1.54) is 5.56 Å². The highest BCUT2D eigenvalue weighted by molar-refractivity contribution is 6.30. The van der Waals surface area contributed by atoms with E-state index in [1.807, 2.05) is 36.4 Å². The van der Waals surface area contributed by atoms with Gasteiger partial charge in [-0.3, -0.25) is 4.79 Å². The molecule has 0 spiro atoms. The standard InChI is InChI=1S/C24H29ClO6/c25-19-13-12-18(21(14-19)17-8-5-3-6-9-17)10-4-1-2-7-11-20(26)15-24(31,23(29)30)16-22(27)28/h3,5-6,8-9,12-14,20,26,31H,1-2,4,7,10-11,15-16H2,(H,27,28)(H,29,30)/t20-,24+/m0/s1. The van der Waals surface area contributed by atoms with Gasteiger partial charge in [-0.05, 0) is 48.1 Å². The van der Waals surface area contributed by atoms with Crippen molar-refractivity contribution >= 4 is 23.5 Å². The van der Waals surface area contributed by atoms with Crippen LogP contribution in [-0.2, 0) is 16.0 Å². The molecule has 0 fully saturated rings. The predicted molar refractivity (Wildman–Crippen MR) is 119 cm³/mol. The van der Waals surface area contributed by atoms with E-state index >= 15 is 0 Å². The average molecular weight is 449 g/mol. The summed E-state index contributed by atoms with van der Waals surface area (Å²) in [6.07, 6.45) is 2.08. The maximum atomic E-state index is 11.2. The Morgan fingerprint density at radius 2 is 1.65 bits per heavy atom. The van der Waals surface area contributed by atoms with Gasteiger partial charge in [0.15, 0.2) is 5.60 Å². The Morgan fingerprint density at radius 3 is 2.29 bits per heavy atom. The van der Waals surface area contributed by atoms with Crippen molar-refractivity contribution in [3.8, 4) is 11.1 Å². The molecule has 0 heterocycles. The molecule has 2 atom stereocenters. The number of hydrogen-bond acceptors (Lipinski definition) is 4. The van der Waals surface area contributed by atoms with Gasteiger partial charge < -0.3 is 20.4 Å². The van der Waals surface area contributed by atoms with Crippen LogP contribution in [0.25, 0.3) is 11.1 Å². The van der Waals surface area contributed by atoms with Crippen LogP contribution in [0.4, 0.5) is 0 Å². The molecular weight excluding hydrogens is 420 g/mol.